The molecule has 0 aromatic heterocycles. The summed E-state index contributed by atoms with van der Waals surface area (Å²) in [4.78, 5) is 10.9. The highest BCUT2D eigenvalue weighted by Gasteiger charge is 2.08. The first kappa shape index (κ1) is 12.5. The highest BCUT2D eigenvalue weighted by molar-refractivity contribution is 6.41. The molecule has 2 N–H and O–H groups in total. The van der Waals surface area contributed by atoms with Gasteiger partial charge < -0.3 is 14.8 Å². The van der Waals surface area contributed by atoms with Crippen LogP contribution in [0, 0.1) is 0 Å². The molecule has 0 aromatic rings. The molecule has 0 saturated heterocycles. The molecule has 0 bridgehead atoms. The second-order valence-corrected chi connectivity index (χ2v) is 2.95. The van der Waals surface area contributed by atoms with E-state index in [9.17, 15) is 4.79 Å². The minimum atomic E-state index is -1.39. The first-order valence-corrected chi connectivity index (χ1v) is 4.68. The van der Waals surface area contributed by atoms with Crippen LogP contribution in [0.5, 0.6) is 0 Å². The Morgan fingerprint density at radius 1 is 1.38 bits per heavy atom. The van der Waals surface area contributed by atoms with Crippen LogP contribution < -0.4 is 0 Å². The molecule has 0 fully saturated rings. The maximum atomic E-state index is 10.9. The van der Waals surface area contributed by atoms with Gasteiger partial charge in [-0.25, -0.2) is 0 Å². The molecule has 0 amide bonds. The van der Waals surface area contributed by atoms with Crippen molar-refractivity contribution in [1.82, 2.24) is 0 Å². The molecule has 0 aliphatic carbocycles. The Kier molecular flexibility index (Phi) is 7.73. The maximum absolute atomic E-state index is 10.9. The second kappa shape index (κ2) is 8.07. The molecule has 0 radical (unpaired) electrons. The van der Waals surface area contributed by atoms with Gasteiger partial charge in [-0.2, -0.15) is 0 Å². The minimum absolute atomic E-state index is 0.0829. The van der Waals surface area contributed by atoms with Crippen molar-refractivity contribution in [2.75, 3.05) is 6.61 Å². The molecule has 0 heterocycles. The maximum Gasteiger partial charge on any atom is 0.454 e. The van der Waals surface area contributed by atoms with Gasteiger partial charge in [0.15, 0.2) is 0 Å². The van der Waals surface area contributed by atoms with E-state index in [1.165, 1.54) is 0 Å². The van der Waals surface area contributed by atoms with Gasteiger partial charge in [0, 0.05) is 12.7 Å². The summed E-state index contributed by atoms with van der Waals surface area (Å²) in [5, 5.41) is 16.9. The number of ether oxygens (including phenoxy) is 1. The topological polar surface area (TPSA) is 66.8 Å². The Bertz CT molecular complexity index is 138. The van der Waals surface area contributed by atoms with Crippen molar-refractivity contribution in [1.29, 1.82) is 0 Å². The van der Waals surface area contributed by atoms with Crippen LogP contribution in [0.4, 0.5) is 0 Å². The zero-order chi connectivity index (χ0) is 10.1. The van der Waals surface area contributed by atoms with Crippen molar-refractivity contribution < 1.29 is 19.6 Å². The van der Waals surface area contributed by atoms with Crippen LogP contribution in [-0.2, 0) is 9.53 Å². The molecule has 0 atom stereocenters. The standard InChI is InChI=1S/C8H17BO4/c1-2-3-4-5-8(10)13-7-6-9(11)12/h11-12H,2-7H2,1H3. The SMILES string of the molecule is CCCCCC(=O)OCCB(O)O. The molecular formula is C8H17BO4. The number of hydrogen-bond donors (Lipinski definition) is 2. The van der Waals surface area contributed by atoms with Gasteiger partial charge in [0.2, 0.25) is 0 Å². The quantitative estimate of drug-likeness (QED) is 0.348. The molecule has 0 aliphatic rings. The van der Waals surface area contributed by atoms with Gasteiger partial charge in [-0.3, -0.25) is 4.79 Å². The van der Waals surface area contributed by atoms with Crippen molar-refractivity contribution in [2.24, 2.45) is 0 Å². The first-order chi connectivity index (χ1) is 6.16. The fourth-order valence-corrected chi connectivity index (χ4v) is 0.870. The molecule has 5 heteroatoms. The lowest BCUT2D eigenvalue weighted by molar-refractivity contribution is -0.143. The summed E-state index contributed by atoms with van der Waals surface area (Å²) in [6.45, 7) is 2.15. The fourth-order valence-electron chi connectivity index (χ4n) is 0.870. The number of rotatable bonds is 7. The van der Waals surface area contributed by atoms with E-state index < -0.39 is 7.12 Å². The molecule has 76 valence electrons. The lowest BCUT2D eigenvalue weighted by atomic mass is 9.87. The van der Waals surface area contributed by atoms with Gasteiger partial charge in [0.05, 0.1) is 6.61 Å². The van der Waals surface area contributed by atoms with Crippen LogP contribution in [0.25, 0.3) is 0 Å². The van der Waals surface area contributed by atoms with Crippen LogP contribution in [0.1, 0.15) is 32.6 Å². The third-order valence-corrected chi connectivity index (χ3v) is 1.62. The summed E-state index contributed by atoms with van der Waals surface area (Å²) in [6, 6.07) is 0. The number of esters is 1. The number of carbonyl (C=O) groups is 1. The Hall–Kier alpha value is -0.545. The van der Waals surface area contributed by atoms with E-state index in [0.717, 1.165) is 19.3 Å². The molecule has 4 nitrogen and oxygen atoms in total. The molecular weight excluding hydrogens is 171 g/mol. The van der Waals surface area contributed by atoms with Crippen LogP contribution in [-0.4, -0.2) is 29.7 Å². The minimum Gasteiger partial charge on any atom is -0.466 e. The number of unbranched alkanes of at least 4 members (excludes halogenated alkanes) is 2. The number of carbonyl (C=O) groups excluding carboxylic acids is 1. The monoisotopic (exact) mass is 188 g/mol. The van der Waals surface area contributed by atoms with Crippen LogP contribution in [0.3, 0.4) is 0 Å². The highest BCUT2D eigenvalue weighted by Crippen LogP contribution is 2.00. The summed E-state index contributed by atoms with van der Waals surface area (Å²) >= 11 is 0. The van der Waals surface area contributed by atoms with Gasteiger partial charge in [0.1, 0.15) is 0 Å². The summed E-state index contributed by atoms with van der Waals surface area (Å²) < 4.78 is 4.74. The van der Waals surface area contributed by atoms with Crippen molar-refractivity contribution >= 4 is 13.1 Å². The molecule has 0 aromatic carbocycles. The Balaban J connectivity index is 3.20. The molecule has 0 rings (SSSR count). The van der Waals surface area contributed by atoms with E-state index in [2.05, 4.69) is 6.92 Å². The van der Waals surface area contributed by atoms with E-state index in [4.69, 9.17) is 14.8 Å². The van der Waals surface area contributed by atoms with Crippen LogP contribution in [0.15, 0.2) is 0 Å². The van der Waals surface area contributed by atoms with Gasteiger partial charge in [-0.1, -0.05) is 19.8 Å². The number of hydrogen-bond acceptors (Lipinski definition) is 4. The van der Waals surface area contributed by atoms with Crippen LogP contribution in [0.2, 0.25) is 6.32 Å². The highest BCUT2D eigenvalue weighted by atomic mass is 16.5. The molecule has 0 spiro atoms. The molecule has 0 saturated carbocycles. The summed E-state index contributed by atoms with van der Waals surface area (Å²) in [5.74, 6) is -0.255. The van der Waals surface area contributed by atoms with E-state index >= 15 is 0 Å². The smallest absolute Gasteiger partial charge is 0.454 e. The predicted octanol–water partition coefficient (Wildman–Crippen LogP) is 0.583. The van der Waals surface area contributed by atoms with Crippen molar-refractivity contribution in [2.45, 2.75) is 38.9 Å². The normalized spacial score (nSPS) is 9.77. The van der Waals surface area contributed by atoms with Gasteiger partial charge >= 0.3 is 13.1 Å². The molecule has 0 aliphatic heterocycles. The average Bonchev–Trinajstić information content (AvgIpc) is 2.04. The fraction of sp³-hybridized carbons (Fsp3) is 0.875. The van der Waals surface area contributed by atoms with Crippen molar-refractivity contribution in [3.05, 3.63) is 0 Å². The van der Waals surface area contributed by atoms with E-state index in [1.54, 1.807) is 0 Å². The largest absolute Gasteiger partial charge is 0.466 e. The predicted molar refractivity (Wildman–Crippen MR) is 50.1 cm³/mol. The van der Waals surface area contributed by atoms with Gasteiger partial charge in [-0.05, 0) is 6.42 Å². The van der Waals surface area contributed by atoms with Gasteiger partial charge in [-0.15, -0.1) is 0 Å². The Morgan fingerprint density at radius 3 is 2.62 bits per heavy atom. The Labute approximate surface area is 79.0 Å². The second-order valence-electron chi connectivity index (χ2n) is 2.95. The van der Waals surface area contributed by atoms with Crippen LogP contribution >= 0.6 is 0 Å². The zero-order valence-corrected chi connectivity index (χ0v) is 8.03. The lowest BCUT2D eigenvalue weighted by Gasteiger charge is -2.03. The van der Waals surface area contributed by atoms with Crippen molar-refractivity contribution in [3.63, 3.8) is 0 Å². The summed E-state index contributed by atoms with van der Waals surface area (Å²) in [6.07, 6.45) is 3.45. The first-order valence-electron chi connectivity index (χ1n) is 4.68. The lowest BCUT2D eigenvalue weighted by Crippen LogP contribution is -2.15. The summed E-state index contributed by atoms with van der Waals surface area (Å²) in [5.41, 5.74) is 0. The molecule has 0 unspecified atom stereocenters. The van der Waals surface area contributed by atoms with E-state index in [1.807, 2.05) is 0 Å². The summed E-state index contributed by atoms with van der Waals surface area (Å²) in [7, 11) is -1.39. The third kappa shape index (κ3) is 9.37. The van der Waals surface area contributed by atoms with E-state index in [0.29, 0.717) is 6.42 Å². The van der Waals surface area contributed by atoms with Crippen molar-refractivity contribution in [3.8, 4) is 0 Å². The zero-order valence-electron chi connectivity index (χ0n) is 8.03. The van der Waals surface area contributed by atoms with E-state index in [-0.39, 0.29) is 18.9 Å². The molecule has 13 heavy (non-hydrogen) atoms. The third-order valence-electron chi connectivity index (χ3n) is 1.62. The van der Waals surface area contributed by atoms with Gasteiger partial charge in [0.25, 0.3) is 0 Å². The Morgan fingerprint density at radius 2 is 2.08 bits per heavy atom. The average molecular weight is 188 g/mol.